The third-order valence-corrected chi connectivity index (χ3v) is 6.44. The molecule has 0 spiro atoms. The molecule has 0 aromatic carbocycles. The Morgan fingerprint density at radius 1 is 1.30 bits per heavy atom. The van der Waals surface area contributed by atoms with E-state index in [2.05, 4.69) is 27.0 Å². The number of hydrogen-bond acceptors (Lipinski definition) is 4. The Morgan fingerprint density at radius 3 is 2.74 bits per heavy atom. The molecule has 0 saturated carbocycles. The maximum atomic E-state index is 11.9. The van der Waals surface area contributed by atoms with Crippen LogP contribution in [-0.4, -0.2) is 57.5 Å². The number of amides is 1. The molecule has 2 rings (SSSR count). The number of aliphatic imine (C=N–C) groups is 1. The fourth-order valence-corrected chi connectivity index (χ4v) is 4.97. The van der Waals surface area contributed by atoms with Gasteiger partial charge in [0.25, 0.3) is 0 Å². The van der Waals surface area contributed by atoms with Crippen molar-refractivity contribution in [2.24, 2.45) is 4.99 Å². The van der Waals surface area contributed by atoms with Crippen molar-refractivity contribution in [1.82, 2.24) is 16.0 Å². The zero-order valence-corrected chi connectivity index (χ0v) is 19.3. The third-order valence-electron chi connectivity index (χ3n) is 4.67. The van der Waals surface area contributed by atoms with Gasteiger partial charge >= 0.3 is 0 Å². The Bertz CT molecular complexity index is 635. The lowest BCUT2D eigenvalue weighted by Crippen LogP contribution is -2.38. The van der Waals surface area contributed by atoms with Crippen molar-refractivity contribution in [3.63, 3.8) is 0 Å². The van der Waals surface area contributed by atoms with Gasteiger partial charge in [0.15, 0.2) is 15.8 Å². The number of allylic oxidation sites excluding steroid dienone is 1. The van der Waals surface area contributed by atoms with E-state index in [0.717, 1.165) is 25.5 Å². The van der Waals surface area contributed by atoms with E-state index in [1.807, 2.05) is 6.92 Å². The van der Waals surface area contributed by atoms with E-state index in [-0.39, 0.29) is 53.9 Å². The van der Waals surface area contributed by atoms with Crippen LogP contribution >= 0.6 is 24.0 Å². The molecule has 0 aromatic heterocycles. The fourth-order valence-electron chi connectivity index (χ4n) is 3.29. The van der Waals surface area contributed by atoms with Gasteiger partial charge in [0.1, 0.15) is 0 Å². The summed E-state index contributed by atoms with van der Waals surface area (Å²) in [5.41, 5.74) is 1.52. The number of carbonyl (C=O) groups excluding carboxylic acids is 1. The SMILES string of the molecule is CCNC(=NCCC(=O)NC1CCS(=O)(=O)C1)NCCC1=CCCCC1.I. The maximum absolute atomic E-state index is 11.9. The van der Waals surface area contributed by atoms with Crippen LogP contribution in [0.3, 0.4) is 0 Å². The minimum atomic E-state index is -2.97. The molecule has 1 heterocycles. The van der Waals surface area contributed by atoms with Gasteiger partial charge in [-0.1, -0.05) is 11.6 Å². The molecule has 1 atom stereocenters. The number of hydrogen-bond donors (Lipinski definition) is 3. The number of guanidine groups is 1. The minimum absolute atomic E-state index is 0. The van der Waals surface area contributed by atoms with E-state index in [0.29, 0.717) is 13.0 Å². The summed E-state index contributed by atoms with van der Waals surface area (Å²) in [5, 5.41) is 9.29. The molecule has 27 heavy (non-hydrogen) atoms. The summed E-state index contributed by atoms with van der Waals surface area (Å²) in [5.74, 6) is 0.808. The summed E-state index contributed by atoms with van der Waals surface area (Å²) >= 11 is 0. The van der Waals surface area contributed by atoms with Gasteiger partial charge in [-0.2, -0.15) is 0 Å². The monoisotopic (exact) mass is 512 g/mol. The van der Waals surface area contributed by atoms with Crippen LogP contribution < -0.4 is 16.0 Å². The molecular weight excluding hydrogens is 479 g/mol. The minimum Gasteiger partial charge on any atom is -0.357 e. The van der Waals surface area contributed by atoms with Crippen LogP contribution in [0.4, 0.5) is 0 Å². The van der Waals surface area contributed by atoms with Gasteiger partial charge in [0.2, 0.25) is 5.91 Å². The van der Waals surface area contributed by atoms with Crippen LogP contribution in [-0.2, 0) is 14.6 Å². The van der Waals surface area contributed by atoms with Crippen molar-refractivity contribution in [3.05, 3.63) is 11.6 Å². The highest BCUT2D eigenvalue weighted by molar-refractivity contribution is 14.0. The Labute approximate surface area is 180 Å². The van der Waals surface area contributed by atoms with Gasteiger partial charge < -0.3 is 16.0 Å². The molecule has 1 aliphatic heterocycles. The van der Waals surface area contributed by atoms with Crippen molar-refractivity contribution in [2.45, 2.75) is 57.9 Å². The van der Waals surface area contributed by atoms with Gasteiger partial charge in [-0.15, -0.1) is 24.0 Å². The average molecular weight is 512 g/mol. The first-order valence-electron chi connectivity index (χ1n) is 9.68. The van der Waals surface area contributed by atoms with Crippen LogP contribution in [0.25, 0.3) is 0 Å². The maximum Gasteiger partial charge on any atom is 0.222 e. The van der Waals surface area contributed by atoms with Crippen molar-refractivity contribution in [1.29, 1.82) is 0 Å². The van der Waals surface area contributed by atoms with Crippen molar-refractivity contribution < 1.29 is 13.2 Å². The lowest BCUT2D eigenvalue weighted by atomic mass is 9.97. The van der Waals surface area contributed by atoms with Gasteiger partial charge in [0.05, 0.1) is 18.1 Å². The van der Waals surface area contributed by atoms with Gasteiger partial charge in [-0.25, -0.2) is 8.42 Å². The van der Waals surface area contributed by atoms with Gasteiger partial charge in [0, 0.05) is 25.6 Å². The Morgan fingerprint density at radius 2 is 2.11 bits per heavy atom. The topological polar surface area (TPSA) is 99.7 Å². The lowest BCUT2D eigenvalue weighted by Gasteiger charge is -2.15. The predicted molar refractivity (Wildman–Crippen MR) is 120 cm³/mol. The molecule has 156 valence electrons. The Balaban J connectivity index is 0.00000364. The van der Waals surface area contributed by atoms with E-state index in [4.69, 9.17) is 0 Å². The molecule has 1 unspecified atom stereocenters. The van der Waals surface area contributed by atoms with Gasteiger partial charge in [-0.3, -0.25) is 9.79 Å². The van der Waals surface area contributed by atoms with Crippen molar-refractivity contribution >= 4 is 45.7 Å². The second kappa shape index (κ2) is 12.6. The first-order valence-corrected chi connectivity index (χ1v) is 11.5. The van der Waals surface area contributed by atoms with Crippen LogP contribution in [0.2, 0.25) is 0 Å². The van der Waals surface area contributed by atoms with Crippen molar-refractivity contribution in [3.8, 4) is 0 Å². The highest BCUT2D eigenvalue weighted by Gasteiger charge is 2.28. The van der Waals surface area contributed by atoms with Crippen LogP contribution in [0.1, 0.15) is 51.9 Å². The van der Waals surface area contributed by atoms with E-state index in [1.165, 1.54) is 31.3 Å². The zero-order valence-electron chi connectivity index (χ0n) is 16.1. The molecular formula is C18H33IN4O3S. The molecule has 0 bridgehead atoms. The number of sulfone groups is 1. The van der Waals surface area contributed by atoms with E-state index < -0.39 is 9.84 Å². The van der Waals surface area contributed by atoms with Gasteiger partial charge in [-0.05, 0) is 45.4 Å². The summed E-state index contributed by atoms with van der Waals surface area (Å²) in [4.78, 5) is 16.4. The first kappa shape index (κ1) is 24.2. The molecule has 0 aromatic rings. The number of nitrogens with zero attached hydrogens (tertiary/aromatic N) is 1. The number of halogens is 1. The smallest absolute Gasteiger partial charge is 0.222 e. The summed E-state index contributed by atoms with van der Waals surface area (Å²) < 4.78 is 22.8. The van der Waals surface area contributed by atoms with E-state index >= 15 is 0 Å². The van der Waals surface area contributed by atoms with E-state index in [9.17, 15) is 13.2 Å². The second-order valence-electron chi connectivity index (χ2n) is 6.96. The fraction of sp³-hybridized carbons (Fsp3) is 0.778. The lowest BCUT2D eigenvalue weighted by molar-refractivity contribution is -0.121. The molecule has 7 nitrogen and oxygen atoms in total. The molecule has 1 amide bonds. The largest absolute Gasteiger partial charge is 0.357 e. The first-order chi connectivity index (χ1) is 12.5. The van der Waals surface area contributed by atoms with Crippen LogP contribution in [0, 0.1) is 0 Å². The quantitative estimate of drug-likeness (QED) is 0.199. The zero-order chi connectivity index (χ0) is 18.8. The number of nitrogens with one attached hydrogen (secondary N) is 3. The van der Waals surface area contributed by atoms with Crippen LogP contribution in [0.5, 0.6) is 0 Å². The predicted octanol–water partition coefficient (Wildman–Crippen LogP) is 1.74. The van der Waals surface area contributed by atoms with Crippen LogP contribution in [0.15, 0.2) is 16.6 Å². The second-order valence-corrected chi connectivity index (χ2v) is 9.19. The third kappa shape index (κ3) is 9.77. The normalized spacial score (nSPS) is 21.7. The average Bonchev–Trinajstić information content (AvgIpc) is 2.94. The molecule has 0 radical (unpaired) electrons. The number of carbonyl (C=O) groups is 1. The van der Waals surface area contributed by atoms with Crippen molar-refractivity contribution in [2.75, 3.05) is 31.1 Å². The van der Waals surface area contributed by atoms with E-state index in [1.54, 1.807) is 0 Å². The summed E-state index contributed by atoms with van der Waals surface area (Å²) in [6.45, 7) is 3.99. The molecule has 2 aliphatic rings. The Kier molecular flexibility index (Phi) is 11.3. The Hall–Kier alpha value is -0.840. The highest BCUT2D eigenvalue weighted by atomic mass is 127. The number of rotatable bonds is 8. The standard InChI is InChI=1S/C18H32N4O3S.HI/c1-2-19-18(20-11-8-15-6-4-3-5-7-15)21-12-9-17(23)22-16-10-13-26(24,25)14-16;/h6,16H,2-5,7-14H2,1H3,(H,22,23)(H2,19,20,21);1H. The molecule has 1 aliphatic carbocycles. The molecule has 3 N–H and O–H groups in total. The highest BCUT2D eigenvalue weighted by Crippen LogP contribution is 2.19. The molecule has 1 saturated heterocycles. The molecule has 1 fully saturated rings. The summed E-state index contributed by atoms with van der Waals surface area (Å²) in [6.07, 6.45) is 9.14. The summed E-state index contributed by atoms with van der Waals surface area (Å²) in [6, 6.07) is -0.244. The molecule has 9 heteroatoms. The summed E-state index contributed by atoms with van der Waals surface area (Å²) in [7, 11) is -2.97.